The van der Waals surface area contributed by atoms with Gasteiger partial charge in [-0.1, -0.05) is 6.07 Å². The van der Waals surface area contributed by atoms with E-state index in [1.54, 1.807) is 6.07 Å². The maximum atomic E-state index is 13.0. The molecule has 1 amide bonds. The minimum atomic E-state index is -0.172. The number of fused-ring (bicyclic) bond motifs is 2. The molecule has 1 saturated heterocycles. The summed E-state index contributed by atoms with van der Waals surface area (Å²) in [6, 6.07) is 7.61. The van der Waals surface area contributed by atoms with Crippen LogP contribution >= 0.6 is 11.3 Å². The first-order chi connectivity index (χ1) is 13.7. The second-order valence-electron chi connectivity index (χ2n) is 6.97. The van der Waals surface area contributed by atoms with Crippen LogP contribution in [-0.4, -0.2) is 40.1 Å². The maximum Gasteiger partial charge on any atom is 0.262 e. The summed E-state index contributed by atoms with van der Waals surface area (Å²) in [7, 11) is 0. The van der Waals surface area contributed by atoms with Gasteiger partial charge in [-0.3, -0.25) is 14.2 Å². The lowest BCUT2D eigenvalue weighted by Gasteiger charge is -2.27. The highest BCUT2D eigenvalue weighted by Crippen LogP contribution is 2.38. The molecule has 144 valence electrons. The highest BCUT2D eigenvalue weighted by Gasteiger charge is 2.31. The monoisotopic (exact) mass is 397 g/mol. The van der Waals surface area contributed by atoms with Gasteiger partial charge in [0, 0.05) is 6.54 Å². The number of hydrogen-bond donors (Lipinski definition) is 0. The van der Waals surface area contributed by atoms with Crippen molar-refractivity contribution >= 4 is 27.5 Å². The second-order valence-corrected chi connectivity index (χ2v) is 7.86. The minimum Gasteiger partial charge on any atom is -0.486 e. The summed E-state index contributed by atoms with van der Waals surface area (Å²) in [4.78, 5) is 32.4. The summed E-state index contributed by atoms with van der Waals surface area (Å²) in [6.45, 7) is 1.77. The van der Waals surface area contributed by atoms with E-state index in [9.17, 15) is 9.59 Å². The predicted molar refractivity (Wildman–Crippen MR) is 105 cm³/mol. The Morgan fingerprint density at radius 2 is 2.07 bits per heavy atom. The van der Waals surface area contributed by atoms with Gasteiger partial charge in [0.1, 0.15) is 24.6 Å². The zero-order valence-electron chi connectivity index (χ0n) is 15.2. The van der Waals surface area contributed by atoms with E-state index in [1.165, 1.54) is 22.2 Å². The molecule has 0 N–H and O–H groups in total. The number of benzene rings is 1. The third-order valence-electron chi connectivity index (χ3n) is 5.28. The number of carbonyl (C=O) groups is 1. The normalized spacial score (nSPS) is 18.6. The molecule has 28 heavy (non-hydrogen) atoms. The van der Waals surface area contributed by atoms with Gasteiger partial charge in [0.05, 0.1) is 17.8 Å². The molecule has 2 aliphatic heterocycles. The lowest BCUT2D eigenvalue weighted by molar-refractivity contribution is -0.132. The summed E-state index contributed by atoms with van der Waals surface area (Å²) in [5.41, 5.74) is 0.864. The minimum absolute atomic E-state index is 0.00132. The fourth-order valence-electron chi connectivity index (χ4n) is 3.92. The third-order valence-corrected chi connectivity index (χ3v) is 6.10. The standard InChI is InChI=1S/C20H19N3O4S/c24-18(11-22-12-21-19-14(20(22)25)5-9-28-19)23-6-1-2-15(23)13-3-4-16-17(10-13)27-8-7-26-16/h3-5,9-10,12,15H,1-2,6-8,11H2/t15-/m1/s1. The molecule has 1 aromatic carbocycles. The topological polar surface area (TPSA) is 73.7 Å². The van der Waals surface area contributed by atoms with Crippen LogP contribution in [0.15, 0.2) is 40.8 Å². The zero-order chi connectivity index (χ0) is 19.1. The van der Waals surface area contributed by atoms with Crippen molar-refractivity contribution in [2.75, 3.05) is 19.8 Å². The highest BCUT2D eigenvalue weighted by atomic mass is 32.1. The van der Waals surface area contributed by atoms with E-state index in [-0.39, 0.29) is 24.1 Å². The first kappa shape index (κ1) is 17.2. The molecule has 0 saturated carbocycles. The van der Waals surface area contributed by atoms with E-state index in [1.807, 2.05) is 28.5 Å². The van der Waals surface area contributed by atoms with Crippen molar-refractivity contribution in [3.05, 3.63) is 51.9 Å². The van der Waals surface area contributed by atoms with E-state index in [0.717, 1.165) is 29.9 Å². The van der Waals surface area contributed by atoms with Gasteiger partial charge in [-0.15, -0.1) is 11.3 Å². The molecule has 0 spiro atoms. The van der Waals surface area contributed by atoms with Crippen molar-refractivity contribution in [1.82, 2.24) is 14.5 Å². The number of ether oxygens (including phenoxy) is 2. The molecular weight excluding hydrogens is 378 g/mol. The largest absolute Gasteiger partial charge is 0.486 e. The Kier molecular flexibility index (Phi) is 4.27. The van der Waals surface area contributed by atoms with Crippen molar-refractivity contribution in [2.24, 2.45) is 0 Å². The fourth-order valence-corrected chi connectivity index (χ4v) is 4.64. The fraction of sp³-hybridized carbons (Fsp3) is 0.350. The van der Waals surface area contributed by atoms with Crippen molar-refractivity contribution in [1.29, 1.82) is 0 Å². The molecule has 2 aromatic heterocycles. The Balaban J connectivity index is 1.39. The number of rotatable bonds is 3. The molecule has 7 nitrogen and oxygen atoms in total. The van der Waals surface area contributed by atoms with Gasteiger partial charge in [0.25, 0.3) is 5.56 Å². The smallest absolute Gasteiger partial charge is 0.262 e. The predicted octanol–water partition coefficient (Wildman–Crippen LogP) is 2.59. The van der Waals surface area contributed by atoms with E-state index < -0.39 is 0 Å². The SMILES string of the molecule is O=C(Cn1cnc2sccc2c1=O)N1CCC[C@@H]1c1ccc2c(c1)OCCO2. The molecular formula is C20H19N3O4S. The molecule has 0 bridgehead atoms. The van der Waals surface area contributed by atoms with Crippen LogP contribution in [0.2, 0.25) is 0 Å². The van der Waals surface area contributed by atoms with Crippen molar-refractivity contribution < 1.29 is 14.3 Å². The van der Waals surface area contributed by atoms with Crippen LogP contribution in [0.25, 0.3) is 10.2 Å². The van der Waals surface area contributed by atoms with Crippen LogP contribution in [0.4, 0.5) is 0 Å². The molecule has 3 aromatic rings. The molecule has 1 atom stereocenters. The lowest BCUT2D eigenvalue weighted by Crippen LogP contribution is -2.36. The number of carbonyl (C=O) groups excluding carboxylic acids is 1. The van der Waals surface area contributed by atoms with Crippen molar-refractivity contribution in [3.8, 4) is 11.5 Å². The Bertz CT molecular complexity index is 1110. The molecule has 1 fully saturated rings. The number of likely N-dealkylation sites (tertiary alicyclic amines) is 1. The molecule has 8 heteroatoms. The Morgan fingerprint density at radius 1 is 1.21 bits per heavy atom. The number of nitrogens with zero attached hydrogens (tertiary/aromatic N) is 3. The summed E-state index contributed by atoms with van der Waals surface area (Å²) in [6.07, 6.45) is 3.29. The Morgan fingerprint density at radius 3 is 2.96 bits per heavy atom. The Labute approximate surface area is 165 Å². The van der Waals surface area contributed by atoms with Gasteiger partial charge in [0.2, 0.25) is 5.91 Å². The van der Waals surface area contributed by atoms with Gasteiger partial charge in [0.15, 0.2) is 11.5 Å². The van der Waals surface area contributed by atoms with E-state index >= 15 is 0 Å². The molecule has 0 unspecified atom stereocenters. The number of hydrogen-bond acceptors (Lipinski definition) is 6. The summed E-state index contributed by atoms with van der Waals surface area (Å²) >= 11 is 1.42. The average Bonchev–Trinajstić information content (AvgIpc) is 3.39. The molecule has 2 aliphatic rings. The summed E-state index contributed by atoms with van der Waals surface area (Å²) < 4.78 is 12.7. The average molecular weight is 397 g/mol. The van der Waals surface area contributed by atoms with Gasteiger partial charge in [-0.2, -0.15) is 0 Å². The summed E-state index contributed by atoms with van der Waals surface area (Å²) in [5.74, 6) is 1.40. The number of amides is 1. The molecule has 0 radical (unpaired) electrons. The van der Waals surface area contributed by atoms with E-state index in [2.05, 4.69) is 4.98 Å². The van der Waals surface area contributed by atoms with Gasteiger partial charge >= 0.3 is 0 Å². The third kappa shape index (κ3) is 2.93. The van der Waals surface area contributed by atoms with E-state index in [0.29, 0.717) is 30.0 Å². The second kappa shape index (κ2) is 6.94. The lowest BCUT2D eigenvalue weighted by atomic mass is 10.0. The quantitative estimate of drug-likeness (QED) is 0.679. The molecule has 4 heterocycles. The van der Waals surface area contributed by atoms with Crippen LogP contribution in [0.3, 0.4) is 0 Å². The summed E-state index contributed by atoms with van der Waals surface area (Å²) in [5, 5.41) is 2.40. The molecule has 0 aliphatic carbocycles. The van der Waals surface area contributed by atoms with Crippen molar-refractivity contribution in [2.45, 2.75) is 25.4 Å². The van der Waals surface area contributed by atoms with Crippen LogP contribution in [0.1, 0.15) is 24.4 Å². The Hall–Kier alpha value is -2.87. The van der Waals surface area contributed by atoms with Gasteiger partial charge in [-0.05, 0) is 42.0 Å². The maximum absolute atomic E-state index is 13.0. The zero-order valence-corrected chi connectivity index (χ0v) is 16.0. The van der Waals surface area contributed by atoms with Gasteiger partial charge < -0.3 is 14.4 Å². The highest BCUT2D eigenvalue weighted by molar-refractivity contribution is 7.16. The molecule has 5 rings (SSSR count). The van der Waals surface area contributed by atoms with Crippen molar-refractivity contribution in [3.63, 3.8) is 0 Å². The van der Waals surface area contributed by atoms with Crippen LogP contribution < -0.4 is 15.0 Å². The van der Waals surface area contributed by atoms with Crippen LogP contribution in [0.5, 0.6) is 11.5 Å². The van der Waals surface area contributed by atoms with E-state index in [4.69, 9.17) is 9.47 Å². The number of thiophene rings is 1. The number of aromatic nitrogens is 2. The first-order valence-corrected chi connectivity index (χ1v) is 10.2. The first-order valence-electron chi connectivity index (χ1n) is 9.32. The van der Waals surface area contributed by atoms with Gasteiger partial charge in [-0.25, -0.2) is 4.98 Å². The van der Waals surface area contributed by atoms with Crippen LogP contribution in [-0.2, 0) is 11.3 Å². The van der Waals surface area contributed by atoms with Crippen LogP contribution in [0, 0.1) is 0 Å².